The van der Waals surface area contributed by atoms with Crippen molar-refractivity contribution < 1.29 is 18.1 Å². The first kappa shape index (κ1) is 50.4. The summed E-state index contributed by atoms with van der Waals surface area (Å²) in [6.45, 7) is 3.44. The van der Waals surface area contributed by atoms with Crippen LogP contribution in [0.5, 0.6) is 0 Å². The standard InChI is InChI=1S/C46H95N.ClH/c1-2-3-4-5-6-7-8-9-10-11-12-13-14-15-16-17-18-19-20-21-22-23-24-25-26-27-28-29-30-31-32-33-34-35-36-37-38-39-40-41-42-43-44-45-46-47;/h2-47H2,1H3;1H. The van der Waals surface area contributed by atoms with Crippen molar-refractivity contribution in [3.63, 3.8) is 0 Å². The van der Waals surface area contributed by atoms with Gasteiger partial charge in [0.25, 0.3) is 0 Å². The molecule has 1 nitrogen and oxygen atoms in total. The van der Waals surface area contributed by atoms with Gasteiger partial charge < -0.3 is 18.1 Å². The Hall–Kier alpha value is 0.250. The Kier molecular flexibility index (Phi) is 51.8. The normalized spacial score (nSPS) is 11.4. The summed E-state index contributed by atoms with van der Waals surface area (Å²) in [6, 6.07) is 0. The van der Waals surface area contributed by atoms with Crippen LogP contribution in [0.1, 0.15) is 289 Å². The van der Waals surface area contributed by atoms with Gasteiger partial charge in [-0.25, -0.2) is 0 Å². The zero-order valence-corrected chi connectivity index (χ0v) is 34.7. The minimum absolute atomic E-state index is 0. The van der Waals surface area contributed by atoms with Crippen LogP contribution in [0.15, 0.2) is 0 Å². The molecule has 0 heterocycles. The van der Waals surface area contributed by atoms with Crippen LogP contribution in [-0.4, -0.2) is 6.54 Å². The molecule has 0 bridgehead atoms. The van der Waals surface area contributed by atoms with E-state index in [1.807, 2.05) is 0 Å². The first-order valence-electron chi connectivity index (χ1n) is 23.2. The van der Waals surface area contributed by atoms with Crippen molar-refractivity contribution in [1.82, 2.24) is 0 Å². The summed E-state index contributed by atoms with van der Waals surface area (Å²) >= 11 is 0. The summed E-state index contributed by atoms with van der Waals surface area (Å²) in [6.07, 6.45) is 65.1. The predicted octanol–water partition coefficient (Wildman–Crippen LogP) is 13.4. The smallest absolute Gasteiger partial charge is 0.0739 e. The maximum atomic E-state index is 3.94. The fraction of sp³-hybridized carbons (Fsp3) is 1.00. The second kappa shape index (κ2) is 49.4. The molecule has 0 amide bonds. The summed E-state index contributed by atoms with van der Waals surface area (Å²) in [5.41, 5.74) is 3.94. The molecule has 0 aromatic carbocycles. The van der Waals surface area contributed by atoms with E-state index in [4.69, 9.17) is 0 Å². The van der Waals surface area contributed by atoms with Crippen LogP contribution in [0.4, 0.5) is 0 Å². The summed E-state index contributed by atoms with van der Waals surface area (Å²) in [4.78, 5) is 0. The molecule has 292 valence electrons. The largest absolute Gasteiger partial charge is 1.00 e. The highest BCUT2D eigenvalue weighted by atomic mass is 35.5. The molecule has 0 unspecified atom stereocenters. The van der Waals surface area contributed by atoms with Gasteiger partial charge in [0.2, 0.25) is 0 Å². The SMILES string of the molecule is CCCCCCCCCCCCCCCCCCCCCCCCCCCCCCCCCCCCCCCCCCCCCC[NH3+].[Cl-]. The minimum atomic E-state index is 0. The van der Waals surface area contributed by atoms with Gasteiger partial charge >= 0.3 is 0 Å². The highest BCUT2D eigenvalue weighted by Gasteiger charge is 1.98. The molecule has 0 aromatic heterocycles. The lowest BCUT2D eigenvalue weighted by atomic mass is 10.0. The summed E-state index contributed by atoms with van der Waals surface area (Å²) < 4.78 is 0. The predicted molar refractivity (Wildman–Crippen MR) is 217 cm³/mol. The first-order chi connectivity index (χ1) is 23.4. The van der Waals surface area contributed by atoms with Gasteiger partial charge in [0.1, 0.15) is 0 Å². The van der Waals surface area contributed by atoms with Crippen LogP contribution in [0.3, 0.4) is 0 Å². The average Bonchev–Trinajstić information content (AvgIpc) is 3.08. The average molecular weight is 699 g/mol. The molecule has 0 radical (unpaired) electrons. The first-order valence-corrected chi connectivity index (χ1v) is 23.2. The molecule has 0 aliphatic carbocycles. The second-order valence-electron chi connectivity index (χ2n) is 16.1. The molecule has 0 saturated carbocycles. The van der Waals surface area contributed by atoms with Crippen molar-refractivity contribution in [2.75, 3.05) is 6.54 Å². The number of rotatable bonds is 44. The maximum Gasteiger partial charge on any atom is 0.0739 e. The quantitative estimate of drug-likeness (QED) is 0.0614. The minimum Gasteiger partial charge on any atom is -1.00 e. The fourth-order valence-electron chi connectivity index (χ4n) is 7.67. The summed E-state index contributed by atoms with van der Waals surface area (Å²) in [5.74, 6) is 0. The Morgan fingerprint density at radius 3 is 0.396 bits per heavy atom. The Morgan fingerprint density at radius 2 is 0.292 bits per heavy atom. The number of quaternary nitrogens is 1. The molecule has 3 N–H and O–H groups in total. The molecular weight excluding hydrogens is 602 g/mol. The van der Waals surface area contributed by atoms with Gasteiger partial charge in [-0.05, 0) is 12.8 Å². The van der Waals surface area contributed by atoms with Gasteiger partial charge in [0, 0.05) is 0 Å². The van der Waals surface area contributed by atoms with Gasteiger partial charge in [0.15, 0.2) is 0 Å². The highest BCUT2D eigenvalue weighted by molar-refractivity contribution is 4.54. The lowest BCUT2D eigenvalue weighted by Gasteiger charge is -2.05. The van der Waals surface area contributed by atoms with E-state index in [0.717, 1.165) is 6.54 Å². The van der Waals surface area contributed by atoms with Crippen molar-refractivity contribution in [3.8, 4) is 0 Å². The van der Waals surface area contributed by atoms with E-state index in [2.05, 4.69) is 12.7 Å². The third-order valence-corrected chi connectivity index (χ3v) is 11.1. The van der Waals surface area contributed by atoms with Gasteiger partial charge in [-0.1, -0.05) is 277 Å². The molecular formula is C46H96ClN. The van der Waals surface area contributed by atoms with Crippen LogP contribution in [0.2, 0.25) is 0 Å². The van der Waals surface area contributed by atoms with Crippen molar-refractivity contribution in [2.24, 2.45) is 0 Å². The van der Waals surface area contributed by atoms with Gasteiger partial charge in [-0.3, -0.25) is 0 Å². The van der Waals surface area contributed by atoms with Gasteiger partial charge in [-0.15, -0.1) is 0 Å². The summed E-state index contributed by atoms with van der Waals surface area (Å²) in [5, 5.41) is 0. The monoisotopic (exact) mass is 698 g/mol. The van der Waals surface area contributed by atoms with Crippen LogP contribution < -0.4 is 18.1 Å². The molecule has 0 aromatic rings. The number of unbranched alkanes of at least 4 members (excludes halogenated alkanes) is 43. The molecule has 0 aliphatic rings. The summed E-state index contributed by atoms with van der Waals surface area (Å²) in [7, 11) is 0. The Bertz CT molecular complexity index is 464. The van der Waals surface area contributed by atoms with Crippen molar-refractivity contribution in [1.29, 1.82) is 0 Å². The van der Waals surface area contributed by atoms with Crippen molar-refractivity contribution in [3.05, 3.63) is 0 Å². The van der Waals surface area contributed by atoms with E-state index >= 15 is 0 Å². The number of hydrogen-bond donors (Lipinski definition) is 1. The molecule has 0 saturated heterocycles. The van der Waals surface area contributed by atoms with E-state index in [1.54, 1.807) is 0 Å². The third kappa shape index (κ3) is 48.4. The Morgan fingerprint density at radius 1 is 0.188 bits per heavy atom. The topological polar surface area (TPSA) is 27.6 Å². The molecule has 0 spiro atoms. The number of halogens is 1. The lowest BCUT2D eigenvalue weighted by molar-refractivity contribution is -0.368. The Labute approximate surface area is 313 Å². The highest BCUT2D eigenvalue weighted by Crippen LogP contribution is 2.18. The zero-order chi connectivity index (χ0) is 33.8. The van der Waals surface area contributed by atoms with Crippen molar-refractivity contribution in [2.45, 2.75) is 289 Å². The van der Waals surface area contributed by atoms with Crippen LogP contribution in [0, 0.1) is 0 Å². The van der Waals surface area contributed by atoms with Gasteiger partial charge in [0.05, 0.1) is 6.54 Å². The molecule has 0 rings (SSSR count). The zero-order valence-electron chi connectivity index (χ0n) is 33.9. The van der Waals surface area contributed by atoms with E-state index < -0.39 is 0 Å². The maximum absolute atomic E-state index is 3.94. The second-order valence-corrected chi connectivity index (χ2v) is 16.1. The molecule has 0 atom stereocenters. The van der Waals surface area contributed by atoms with E-state index in [-0.39, 0.29) is 12.4 Å². The van der Waals surface area contributed by atoms with Crippen LogP contribution in [-0.2, 0) is 0 Å². The molecule has 2 heteroatoms. The van der Waals surface area contributed by atoms with Crippen molar-refractivity contribution >= 4 is 0 Å². The van der Waals surface area contributed by atoms with Crippen LogP contribution >= 0.6 is 0 Å². The van der Waals surface area contributed by atoms with Gasteiger partial charge in [-0.2, -0.15) is 0 Å². The number of hydrogen-bond acceptors (Lipinski definition) is 0. The molecule has 0 aliphatic heterocycles. The third-order valence-electron chi connectivity index (χ3n) is 11.1. The Balaban J connectivity index is 0. The van der Waals surface area contributed by atoms with E-state index in [9.17, 15) is 0 Å². The van der Waals surface area contributed by atoms with E-state index in [0.29, 0.717) is 0 Å². The molecule has 48 heavy (non-hydrogen) atoms. The fourth-order valence-corrected chi connectivity index (χ4v) is 7.67. The molecule has 0 fully saturated rings. The lowest BCUT2D eigenvalue weighted by Crippen LogP contribution is -3.00. The van der Waals surface area contributed by atoms with Crippen LogP contribution in [0.25, 0.3) is 0 Å². The van der Waals surface area contributed by atoms with E-state index in [1.165, 1.54) is 283 Å².